The minimum absolute atomic E-state index is 0.314. The largest absolute Gasteiger partial charge is 0.490 e. The Hall–Kier alpha value is -1.90. The lowest BCUT2D eigenvalue weighted by Crippen LogP contribution is -2.03. The molecule has 1 aromatic heterocycles. The number of benzene rings is 1. The number of aryl methyl sites for hydroxylation is 1. The molecule has 0 radical (unpaired) electrons. The summed E-state index contributed by atoms with van der Waals surface area (Å²) in [5.41, 5.74) is 2.07. The van der Waals surface area contributed by atoms with Crippen molar-refractivity contribution in [2.75, 3.05) is 6.61 Å². The van der Waals surface area contributed by atoms with Gasteiger partial charge >= 0.3 is 0 Å². The second-order valence-corrected chi connectivity index (χ2v) is 3.89. The molecule has 1 aromatic carbocycles. The third-order valence-electron chi connectivity index (χ3n) is 2.46. The van der Waals surface area contributed by atoms with Crippen molar-refractivity contribution in [2.45, 2.75) is 13.3 Å². The molecule has 1 heterocycles. The Labute approximate surface area is 100 Å². The van der Waals surface area contributed by atoms with E-state index in [-0.39, 0.29) is 5.82 Å². The van der Waals surface area contributed by atoms with Crippen LogP contribution >= 0.6 is 0 Å². The number of nitrogens with zero attached hydrogens (tertiary/aromatic N) is 1. The first-order chi connectivity index (χ1) is 8.25. The molecule has 2 aromatic rings. The molecule has 2 rings (SSSR count). The van der Waals surface area contributed by atoms with E-state index in [4.69, 9.17) is 4.74 Å². The van der Waals surface area contributed by atoms with Crippen LogP contribution in [0.1, 0.15) is 11.1 Å². The number of hydrogen-bond acceptors (Lipinski definition) is 2. The van der Waals surface area contributed by atoms with Gasteiger partial charge in [0.2, 0.25) is 0 Å². The quantitative estimate of drug-likeness (QED) is 0.806. The molecule has 17 heavy (non-hydrogen) atoms. The minimum Gasteiger partial charge on any atom is -0.490 e. The average Bonchev–Trinajstić information content (AvgIpc) is 2.35. The smallest absolute Gasteiger partial charge is 0.165 e. The first-order valence-electron chi connectivity index (χ1n) is 5.53. The molecule has 3 heteroatoms. The second-order valence-electron chi connectivity index (χ2n) is 3.89. The maximum Gasteiger partial charge on any atom is 0.165 e. The van der Waals surface area contributed by atoms with Crippen molar-refractivity contribution in [3.8, 4) is 5.75 Å². The molecular weight excluding hydrogens is 217 g/mol. The predicted octanol–water partition coefficient (Wildman–Crippen LogP) is 3.15. The topological polar surface area (TPSA) is 22.1 Å². The highest BCUT2D eigenvalue weighted by atomic mass is 19.1. The highest BCUT2D eigenvalue weighted by Crippen LogP contribution is 2.18. The van der Waals surface area contributed by atoms with E-state index in [2.05, 4.69) is 4.98 Å². The van der Waals surface area contributed by atoms with E-state index in [1.807, 2.05) is 19.1 Å². The van der Waals surface area contributed by atoms with Gasteiger partial charge < -0.3 is 4.74 Å². The summed E-state index contributed by atoms with van der Waals surface area (Å²) in [7, 11) is 0. The third-order valence-corrected chi connectivity index (χ3v) is 2.46. The van der Waals surface area contributed by atoms with Gasteiger partial charge in [0.15, 0.2) is 11.6 Å². The van der Waals surface area contributed by atoms with Crippen LogP contribution in [0.25, 0.3) is 0 Å². The standard InChI is InChI=1S/C14H14FNO/c1-11-4-5-13(15)14(9-11)17-8-6-12-3-2-7-16-10-12/h2-5,7,9-10H,6,8H2,1H3. The van der Waals surface area contributed by atoms with Crippen LogP contribution in [0.2, 0.25) is 0 Å². The fraction of sp³-hybridized carbons (Fsp3) is 0.214. The Balaban J connectivity index is 1.92. The van der Waals surface area contributed by atoms with Crippen molar-refractivity contribution in [2.24, 2.45) is 0 Å². The number of rotatable bonds is 4. The zero-order valence-electron chi connectivity index (χ0n) is 9.69. The Bertz CT molecular complexity index is 485. The molecule has 88 valence electrons. The highest BCUT2D eigenvalue weighted by Gasteiger charge is 2.03. The molecule has 0 fully saturated rings. The van der Waals surface area contributed by atoms with Crippen LogP contribution in [0.15, 0.2) is 42.7 Å². The van der Waals surface area contributed by atoms with Crippen LogP contribution < -0.4 is 4.74 Å². The van der Waals surface area contributed by atoms with Gasteiger partial charge in [0.05, 0.1) is 6.61 Å². The van der Waals surface area contributed by atoms with Gasteiger partial charge in [-0.05, 0) is 36.2 Å². The van der Waals surface area contributed by atoms with E-state index in [9.17, 15) is 4.39 Å². The summed E-state index contributed by atoms with van der Waals surface area (Å²) in [5.74, 6) is -0.00400. The van der Waals surface area contributed by atoms with E-state index in [1.54, 1.807) is 24.5 Å². The molecule has 0 aliphatic carbocycles. The molecule has 2 nitrogen and oxygen atoms in total. The lowest BCUT2D eigenvalue weighted by atomic mass is 10.2. The van der Waals surface area contributed by atoms with E-state index < -0.39 is 0 Å². The Morgan fingerprint density at radius 2 is 2.18 bits per heavy atom. The van der Waals surface area contributed by atoms with Crippen LogP contribution in [-0.2, 0) is 6.42 Å². The van der Waals surface area contributed by atoms with Crippen LogP contribution in [0.3, 0.4) is 0 Å². The summed E-state index contributed by atoms with van der Waals surface area (Å²) in [6.45, 7) is 2.36. The highest BCUT2D eigenvalue weighted by molar-refractivity contribution is 5.29. The van der Waals surface area contributed by atoms with Crippen LogP contribution in [0.5, 0.6) is 5.75 Å². The molecule has 0 aliphatic heterocycles. The third kappa shape index (κ3) is 3.28. The number of pyridine rings is 1. The first kappa shape index (κ1) is 11.6. The first-order valence-corrected chi connectivity index (χ1v) is 5.53. The zero-order chi connectivity index (χ0) is 12.1. The second kappa shape index (κ2) is 5.43. The zero-order valence-corrected chi connectivity index (χ0v) is 9.69. The van der Waals surface area contributed by atoms with E-state index in [0.29, 0.717) is 12.4 Å². The predicted molar refractivity (Wildman–Crippen MR) is 64.6 cm³/mol. The van der Waals surface area contributed by atoms with Crippen molar-refractivity contribution < 1.29 is 9.13 Å². The van der Waals surface area contributed by atoms with Gasteiger partial charge in [-0.1, -0.05) is 12.1 Å². The van der Waals surface area contributed by atoms with Gasteiger partial charge in [0.1, 0.15) is 0 Å². The Morgan fingerprint density at radius 1 is 1.29 bits per heavy atom. The summed E-state index contributed by atoms with van der Waals surface area (Å²) >= 11 is 0. The van der Waals surface area contributed by atoms with Crippen molar-refractivity contribution >= 4 is 0 Å². The normalized spacial score (nSPS) is 10.2. The SMILES string of the molecule is Cc1ccc(F)c(OCCc2cccnc2)c1. The van der Waals surface area contributed by atoms with Crippen molar-refractivity contribution in [1.82, 2.24) is 4.98 Å². The number of ether oxygens (including phenoxy) is 1. The lowest BCUT2D eigenvalue weighted by molar-refractivity contribution is 0.305. The van der Waals surface area contributed by atoms with Crippen molar-refractivity contribution in [3.63, 3.8) is 0 Å². The maximum absolute atomic E-state index is 13.4. The molecule has 0 aliphatic rings. The van der Waals surface area contributed by atoms with Gasteiger partial charge in [-0.2, -0.15) is 0 Å². The number of hydrogen-bond donors (Lipinski definition) is 0. The maximum atomic E-state index is 13.4. The summed E-state index contributed by atoms with van der Waals surface area (Å²) < 4.78 is 18.8. The lowest BCUT2D eigenvalue weighted by Gasteiger charge is -2.07. The van der Waals surface area contributed by atoms with Crippen molar-refractivity contribution in [3.05, 3.63) is 59.7 Å². The summed E-state index contributed by atoms with van der Waals surface area (Å²) in [4.78, 5) is 4.01. The summed E-state index contributed by atoms with van der Waals surface area (Å²) in [6.07, 6.45) is 4.24. The molecular formula is C14H14FNO. The van der Waals surface area contributed by atoms with Gasteiger partial charge in [0.25, 0.3) is 0 Å². The number of aromatic nitrogens is 1. The average molecular weight is 231 g/mol. The summed E-state index contributed by atoms with van der Waals surface area (Å²) in [5, 5.41) is 0. The van der Waals surface area contributed by atoms with E-state index in [0.717, 1.165) is 17.5 Å². The number of halogens is 1. The van der Waals surface area contributed by atoms with Crippen LogP contribution in [0.4, 0.5) is 4.39 Å². The van der Waals surface area contributed by atoms with Crippen LogP contribution in [-0.4, -0.2) is 11.6 Å². The van der Waals surface area contributed by atoms with Gasteiger partial charge in [-0.3, -0.25) is 4.98 Å². The molecule has 0 bridgehead atoms. The monoisotopic (exact) mass is 231 g/mol. The van der Waals surface area contributed by atoms with Gasteiger partial charge in [0, 0.05) is 18.8 Å². The molecule has 0 atom stereocenters. The fourth-order valence-electron chi connectivity index (χ4n) is 1.55. The molecule has 0 saturated heterocycles. The Morgan fingerprint density at radius 3 is 2.94 bits per heavy atom. The summed E-state index contributed by atoms with van der Waals surface area (Å²) in [6, 6.07) is 8.71. The van der Waals surface area contributed by atoms with Gasteiger partial charge in [-0.25, -0.2) is 4.39 Å². The van der Waals surface area contributed by atoms with E-state index >= 15 is 0 Å². The molecule has 0 spiro atoms. The van der Waals surface area contributed by atoms with Gasteiger partial charge in [-0.15, -0.1) is 0 Å². The Kier molecular flexibility index (Phi) is 3.70. The molecule has 0 amide bonds. The fourth-order valence-corrected chi connectivity index (χ4v) is 1.55. The minimum atomic E-state index is -0.318. The van der Waals surface area contributed by atoms with Crippen LogP contribution in [0, 0.1) is 12.7 Å². The molecule has 0 N–H and O–H groups in total. The molecule has 0 unspecified atom stereocenters. The van der Waals surface area contributed by atoms with E-state index in [1.165, 1.54) is 6.07 Å². The molecule has 0 saturated carbocycles. The van der Waals surface area contributed by atoms with Crippen molar-refractivity contribution in [1.29, 1.82) is 0 Å².